The third kappa shape index (κ3) is 1.84. The summed E-state index contributed by atoms with van der Waals surface area (Å²) in [6.45, 7) is 8.93. The molecule has 92 valence electrons. The second-order valence-electron chi connectivity index (χ2n) is 6.40. The summed E-state index contributed by atoms with van der Waals surface area (Å²) in [5, 5.41) is 10.9. The summed E-state index contributed by atoms with van der Waals surface area (Å²) in [5.74, 6) is 2.28. The van der Waals surface area contributed by atoms with Crippen LogP contribution in [0.3, 0.4) is 0 Å². The Morgan fingerprint density at radius 3 is 2.69 bits per heavy atom. The first kappa shape index (κ1) is 12.2. The van der Waals surface area contributed by atoms with Gasteiger partial charge in [0.15, 0.2) is 0 Å². The lowest BCUT2D eigenvalue weighted by Crippen LogP contribution is -2.51. The Bertz CT molecular complexity index is 292. The molecule has 0 aromatic heterocycles. The fraction of sp³-hybridized carbons (Fsp3) is 0.867. The van der Waals surface area contributed by atoms with Gasteiger partial charge in [-0.3, -0.25) is 0 Å². The number of allylic oxidation sites excluding steroid dienone is 1. The van der Waals surface area contributed by atoms with Gasteiger partial charge in [0.05, 0.1) is 5.60 Å². The number of aliphatic hydroxyl groups is 1. The van der Waals surface area contributed by atoms with Gasteiger partial charge in [0, 0.05) is 5.92 Å². The summed E-state index contributed by atoms with van der Waals surface area (Å²) in [6.07, 6.45) is 7.08. The van der Waals surface area contributed by atoms with E-state index in [0.29, 0.717) is 17.8 Å². The Labute approximate surface area is 99.9 Å². The maximum absolute atomic E-state index is 10.9. The molecule has 0 amide bonds. The Morgan fingerprint density at radius 2 is 2.06 bits per heavy atom. The van der Waals surface area contributed by atoms with Crippen molar-refractivity contribution >= 4 is 0 Å². The lowest BCUT2D eigenvalue weighted by Gasteiger charge is -2.50. The van der Waals surface area contributed by atoms with Crippen molar-refractivity contribution in [2.75, 3.05) is 0 Å². The highest BCUT2D eigenvalue weighted by molar-refractivity contribution is 5.15. The summed E-state index contributed by atoms with van der Waals surface area (Å²) in [7, 11) is 0. The first-order chi connectivity index (χ1) is 7.45. The second-order valence-corrected chi connectivity index (χ2v) is 6.40. The van der Waals surface area contributed by atoms with Gasteiger partial charge in [-0.05, 0) is 50.4 Å². The normalized spacial score (nSPS) is 44.1. The quantitative estimate of drug-likeness (QED) is 0.669. The van der Waals surface area contributed by atoms with Crippen molar-refractivity contribution in [1.29, 1.82) is 0 Å². The predicted molar refractivity (Wildman–Crippen MR) is 68.2 cm³/mol. The average molecular weight is 222 g/mol. The minimum atomic E-state index is -0.446. The molecule has 0 aromatic carbocycles. The lowest BCUT2D eigenvalue weighted by atomic mass is 9.58. The van der Waals surface area contributed by atoms with Crippen LogP contribution in [0.1, 0.15) is 53.4 Å². The molecule has 2 aliphatic rings. The van der Waals surface area contributed by atoms with Crippen molar-refractivity contribution in [2.24, 2.45) is 23.7 Å². The van der Waals surface area contributed by atoms with E-state index in [-0.39, 0.29) is 0 Å². The maximum atomic E-state index is 10.9. The molecule has 0 spiro atoms. The Kier molecular flexibility index (Phi) is 3.18. The molecule has 0 aliphatic heterocycles. The van der Waals surface area contributed by atoms with Gasteiger partial charge >= 0.3 is 0 Å². The topological polar surface area (TPSA) is 20.2 Å². The van der Waals surface area contributed by atoms with Crippen LogP contribution < -0.4 is 0 Å². The molecule has 1 fully saturated rings. The molecule has 16 heavy (non-hydrogen) atoms. The molecule has 1 heteroatoms. The van der Waals surface area contributed by atoms with Crippen LogP contribution in [0.5, 0.6) is 0 Å². The molecule has 4 atom stereocenters. The molecule has 2 aliphatic carbocycles. The molecule has 0 aromatic rings. The molecule has 0 radical (unpaired) electrons. The van der Waals surface area contributed by atoms with Crippen LogP contribution in [0.25, 0.3) is 0 Å². The molecular weight excluding hydrogens is 196 g/mol. The van der Waals surface area contributed by atoms with Gasteiger partial charge in [-0.25, -0.2) is 0 Å². The highest BCUT2D eigenvalue weighted by Crippen LogP contribution is 2.50. The highest BCUT2D eigenvalue weighted by atomic mass is 16.3. The number of rotatable bonds is 1. The molecule has 0 bridgehead atoms. The Hall–Kier alpha value is -0.300. The largest absolute Gasteiger partial charge is 0.389 e. The minimum absolute atomic E-state index is 0.370. The van der Waals surface area contributed by atoms with Gasteiger partial charge in [-0.2, -0.15) is 0 Å². The van der Waals surface area contributed by atoms with Crippen LogP contribution in [-0.4, -0.2) is 10.7 Å². The summed E-state index contributed by atoms with van der Waals surface area (Å²) < 4.78 is 0. The first-order valence-electron chi connectivity index (χ1n) is 6.85. The summed E-state index contributed by atoms with van der Waals surface area (Å²) >= 11 is 0. The highest BCUT2D eigenvalue weighted by Gasteiger charge is 2.48. The van der Waals surface area contributed by atoms with Gasteiger partial charge < -0.3 is 5.11 Å². The van der Waals surface area contributed by atoms with Crippen molar-refractivity contribution in [2.45, 2.75) is 59.0 Å². The van der Waals surface area contributed by atoms with Crippen LogP contribution in [-0.2, 0) is 0 Å². The lowest BCUT2D eigenvalue weighted by molar-refractivity contribution is -0.107. The predicted octanol–water partition coefficient (Wildman–Crippen LogP) is 3.78. The molecule has 1 nitrogen and oxygen atoms in total. The molecule has 2 rings (SSSR count). The van der Waals surface area contributed by atoms with Crippen molar-refractivity contribution in [3.63, 3.8) is 0 Å². The van der Waals surface area contributed by atoms with E-state index < -0.39 is 5.60 Å². The van der Waals surface area contributed by atoms with E-state index in [1.165, 1.54) is 24.8 Å². The van der Waals surface area contributed by atoms with Crippen molar-refractivity contribution in [1.82, 2.24) is 0 Å². The van der Waals surface area contributed by atoms with Gasteiger partial charge in [0.1, 0.15) is 0 Å². The Morgan fingerprint density at radius 1 is 1.38 bits per heavy atom. The fourth-order valence-corrected chi connectivity index (χ4v) is 3.75. The first-order valence-corrected chi connectivity index (χ1v) is 6.85. The van der Waals surface area contributed by atoms with Crippen LogP contribution in [0.4, 0.5) is 0 Å². The number of hydrogen-bond acceptors (Lipinski definition) is 1. The van der Waals surface area contributed by atoms with Gasteiger partial charge in [0.25, 0.3) is 0 Å². The Balaban J connectivity index is 2.32. The smallest absolute Gasteiger partial charge is 0.0735 e. The van der Waals surface area contributed by atoms with E-state index in [9.17, 15) is 5.11 Å². The van der Waals surface area contributed by atoms with Crippen molar-refractivity contribution < 1.29 is 5.11 Å². The molecular formula is C15H26O. The molecule has 3 unspecified atom stereocenters. The second kappa shape index (κ2) is 4.18. The summed E-state index contributed by atoms with van der Waals surface area (Å²) in [6, 6.07) is 0. The van der Waals surface area contributed by atoms with Crippen LogP contribution >= 0.6 is 0 Å². The molecule has 0 saturated heterocycles. The molecule has 1 N–H and O–H groups in total. The summed E-state index contributed by atoms with van der Waals surface area (Å²) in [5.41, 5.74) is 1.04. The van der Waals surface area contributed by atoms with E-state index in [2.05, 4.69) is 33.8 Å². The number of hydrogen-bond donors (Lipinski definition) is 1. The fourth-order valence-electron chi connectivity index (χ4n) is 3.75. The monoisotopic (exact) mass is 222 g/mol. The number of fused-ring (bicyclic) bond motifs is 1. The van der Waals surface area contributed by atoms with Crippen LogP contribution in [0.2, 0.25) is 0 Å². The zero-order chi connectivity index (χ0) is 11.9. The minimum Gasteiger partial charge on any atom is -0.389 e. The van der Waals surface area contributed by atoms with Crippen molar-refractivity contribution in [3.8, 4) is 0 Å². The SMILES string of the molecule is CC1=CC2C(CC1)C(C)CC[C@]2(O)C(C)C. The van der Waals surface area contributed by atoms with Gasteiger partial charge in [0.2, 0.25) is 0 Å². The van der Waals surface area contributed by atoms with E-state index in [0.717, 1.165) is 12.3 Å². The molecule has 1 saturated carbocycles. The average Bonchev–Trinajstić information content (AvgIpc) is 2.23. The van der Waals surface area contributed by atoms with E-state index >= 15 is 0 Å². The van der Waals surface area contributed by atoms with E-state index in [1.807, 2.05) is 0 Å². The van der Waals surface area contributed by atoms with Gasteiger partial charge in [-0.15, -0.1) is 0 Å². The maximum Gasteiger partial charge on any atom is 0.0735 e. The zero-order valence-corrected chi connectivity index (χ0v) is 11.2. The van der Waals surface area contributed by atoms with E-state index in [4.69, 9.17) is 0 Å². The van der Waals surface area contributed by atoms with Crippen molar-refractivity contribution in [3.05, 3.63) is 11.6 Å². The zero-order valence-electron chi connectivity index (χ0n) is 11.2. The molecule has 0 heterocycles. The summed E-state index contributed by atoms with van der Waals surface area (Å²) in [4.78, 5) is 0. The van der Waals surface area contributed by atoms with Gasteiger partial charge in [-0.1, -0.05) is 32.4 Å². The third-order valence-electron chi connectivity index (χ3n) is 5.11. The van der Waals surface area contributed by atoms with Crippen LogP contribution in [0.15, 0.2) is 11.6 Å². The third-order valence-corrected chi connectivity index (χ3v) is 5.11. The van der Waals surface area contributed by atoms with E-state index in [1.54, 1.807) is 0 Å². The standard InChI is InChI=1S/C15H26O/c1-10(2)15(16)8-7-12(4)13-6-5-11(3)9-14(13)15/h9-10,12-14,16H,5-8H2,1-4H3/t12?,13?,14?,15-/m0/s1. The van der Waals surface area contributed by atoms with Crippen LogP contribution in [0, 0.1) is 23.7 Å².